The lowest BCUT2D eigenvalue weighted by molar-refractivity contribution is 0.0939. The van der Waals surface area contributed by atoms with Gasteiger partial charge in [-0.1, -0.05) is 35.9 Å². The standard InChI is InChI=1S/C27H29N3OS/c1-18-7-8-24-22(13-18)14-23-15-25(32-27(23)29-24)26(31)28-16-20-9-11-30(12-10-20)17-21-6-4-3-5-19(21)2/h3-8,13-15,20H,9-12,16-17H2,1-2H3,(H,28,31). The van der Waals surface area contributed by atoms with Gasteiger partial charge in [-0.15, -0.1) is 11.3 Å². The van der Waals surface area contributed by atoms with Gasteiger partial charge in [0.1, 0.15) is 4.83 Å². The van der Waals surface area contributed by atoms with Gasteiger partial charge in [-0.05, 0) is 81.1 Å². The van der Waals surface area contributed by atoms with Crippen LogP contribution in [0.5, 0.6) is 0 Å². The van der Waals surface area contributed by atoms with E-state index in [2.05, 4.69) is 72.6 Å². The summed E-state index contributed by atoms with van der Waals surface area (Å²) >= 11 is 1.48. The SMILES string of the molecule is Cc1ccc2nc3sc(C(=O)NCC4CCN(Cc5ccccc5C)CC4)cc3cc2c1. The van der Waals surface area contributed by atoms with E-state index in [1.54, 1.807) is 0 Å². The van der Waals surface area contributed by atoms with Crippen LogP contribution < -0.4 is 5.32 Å². The first kappa shape index (κ1) is 21.1. The number of amides is 1. The van der Waals surface area contributed by atoms with Crippen molar-refractivity contribution >= 4 is 38.4 Å². The normalized spacial score (nSPS) is 15.4. The second-order valence-corrected chi connectivity index (χ2v) is 10.1. The highest BCUT2D eigenvalue weighted by Crippen LogP contribution is 2.28. The first-order chi connectivity index (χ1) is 15.5. The Hall–Kier alpha value is -2.76. The van der Waals surface area contributed by atoms with Crippen LogP contribution in [-0.4, -0.2) is 35.4 Å². The van der Waals surface area contributed by atoms with Crippen LogP contribution in [0.15, 0.2) is 54.6 Å². The number of carbonyl (C=O) groups excluding carboxylic acids is 1. The molecule has 3 heterocycles. The fraction of sp³-hybridized carbons (Fsp3) is 0.333. The molecule has 1 N–H and O–H groups in total. The molecular formula is C27H29N3OS. The zero-order chi connectivity index (χ0) is 22.1. The summed E-state index contributed by atoms with van der Waals surface area (Å²) in [6, 6.07) is 19.0. The molecule has 0 aliphatic carbocycles. The third kappa shape index (κ3) is 4.54. The van der Waals surface area contributed by atoms with Gasteiger partial charge < -0.3 is 5.32 Å². The number of piperidine rings is 1. The van der Waals surface area contributed by atoms with E-state index in [4.69, 9.17) is 4.98 Å². The third-order valence-corrected chi connectivity index (χ3v) is 7.64. The Morgan fingerprint density at radius 1 is 1.06 bits per heavy atom. The zero-order valence-corrected chi connectivity index (χ0v) is 19.5. The van der Waals surface area contributed by atoms with Crippen LogP contribution in [0.4, 0.5) is 0 Å². The molecule has 32 heavy (non-hydrogen) atoms. The van der Waals surface area contributed by atoms with E-state index in [9.17, 15) is 4.79 Å². The molecule has 0 spiro atoms. The van der Waals surface area contributed by atoms with Crippen molar-refractivity contribution in [2.75, 3.05) is 19.6 Å². The van der Waals surface area contributed by atoms with Gasteiger partial charge in [-0.25, -0.2) is 4.98 Å². The topological polar surface area (TPSA) is 45.2 Å². The van der Waals surface area contributed by atoms with E-state index in [0.717, 1.165) is 65.0 Å². The number of pyridine rings is 1. The number of thiophene rings is 1. The summed E-state index contributed by atoms with van der Waals surface area (Å²) in [4.78, 5) is 21.8. The minimum Gasteiger partial charge on any atom is -0.351 e. The van der Waals surface area contributed by atoms with Crippen LogP contribution in [0, 0.1) is 19.8 Å². The predicted octanol–water partition coefficient (Wildman–Crippen LogP) is 5.71. The molecule has 4 nitrogen and oxygen atoms in total. The second-order valence-electron chi connectivity index (χ2n) is 9.05. The molecule has 0 unspecified atom stereocenters. The first-order valence-electron chi connectivity index (χ1n) is 11.4. The van der Waals surface area contributed by atoms with Crippen molar-refractivity contribution in [2.45, 2.75) is 33.2 Å². The third-order valence-electron chi connectivity index (χ3n) is 6.59. The van der Waals surface area contributed by atoms with Crippen LogP contribution in [0.3, 0.4) is 0 Å². The van der Waals surface area contributed by atoms with Crippen molar-refractivity contribution in [3.63, 3.8) is 0 Å². The number of hydrogen-bond acceptors (Lipinski definition) is 4. The van der Waals surface area contributed by atoms with E-state index in [0.29, 0.717) is 5.92 Å². The lowest BCUT2D eigenvalue weighted by atomic mass is 9.96. The number of fused-ring (bicyclic) bond motifs is 2. The number of aryl methyl sites for hydroxylation is 2. The van der Waals surface area contributed by atoms with Crippen LogP contribution in [0.2, 0.25) is 0 Å². The number of hydrogen-bond donors (Lipinski definition) is 1. The molecule has 1 aliphatic rings. The number of carbonyl (C=O) groups is 1. The Labute approximate surface area is 193 Å². The summed E-state index contributed by atoms with van der Waals surface area (Å²) in [7, 11) is 0. The average molecular weight is 444 g/mol. The van der Waals surface area contributed by atoms with Gasteiger partial charge >= 0.3 is 0 Å². The van der Waals surface area contributed by atoms with Gasteiger partial charge in [0, 0.05) is 23.9 Å². The molecule has 5 heteroatoms. The lowest BCUT2D eigenvalue weighted by Crippen LogP contribution is -2.38. The van der Waals surface area contributed by atoms with E-state index >= 15 is 0 Å². The maximum Gasteiger partial charge on any atom is 0.261 e. The molecule has 1 saturated heterocycles. The van der Waals surface area contributed by atoms with Crippen molar-refractivity contribution in [3.05, 3.63) is 76.2 Å². The van der Waals surface area contributed by atoms with Crippen molar-refractivity contribution in [2.24, 2.45) is 5.92 Å². The molecule has 1 fully saturated rings. The monoisotopic (exact) mass is 443 g/mol. The highest BCUT2D eigenvalue weighted by molar-refractivity contribution is 7.20. The predicted molar refractivity (Wildman–Crippen MR) is 133 cm³/mol. The summed E-state index contributed by atoms with van der Waals surface area (Å²) in [6.45, 7) is 8.23. The van der Waals surface area contributed by atoms with Gasteiger partial charge in [0.2, 0.25) is 0 Å². The Morgan fingerprint density at radius 3 is 2.69 bits per heavy atom. The molecule has 2 aromatic heterocycles. The van der Waals surface area contributed by atoms with Gasteiger partial charge in [-0.2, -0.15) is 0 Å². The highest BCUT2D eigenvalue weighted by atomic mass is 32.1. The van der Waals surface area contributed by atoms with Gasteiger partial charge in [0.05, 0.1) is 10.4 Å². The van der Waals surface area contributed by atoms with E-state index in [1.807, 2.05) is 6.07 Å². The quantitative estimate of drug-likeness (QED) is 0.430. The van der Waals surface area contributed by atoms with Crippen molar-refractivity contribution < 1.29 is 4.79 Å². The van der Waals surface area contributed by atoms with Gasteiger partial charge in [0.25, 0.3) is 5.91 Å². The summed E-state index contributed by atoms with van der Waals surface area (Å²) in [5.74, 6) is 0.570. The van der Waals surface area contributed by atoms with E-state index in [1.165, 1.54) is 28.0 Å². The van der Waals surface area contributed by atoms with Crippen LogP contribution in [0.1, 0.15) is 39.2 Å². The largest absolute Gasteiger partial charge is 0.351 e. The summed E-state index contributed by atoms with van der Waals surface area (Å²) in [5.41, 5.74) is 4.98. The maximum absolute atomic E-state index is 12.8. The van der Waals surface area contributed by atoms with Crippen LogP contribution >= 0.6 is 11.3 Å². The van der Waals surface area contributed by atoms with Crippen LogP contribution in [0.25, 0.3) is 21.1 Å². The molecule has 2 aromatic carbocycles. The molecule has 4 aromatic rings. The summed E-state index contributed by atoms with van der Waals surface area (Å²) in [6.07, 6.45) is 2.26. The Bertz CT molecular complexity index is 1270. The molecule has 1 aliphatic heterocycles. The lowest BCUT2D eigenvalue weighted by Gasteiger charge is -2.32. The number of nitrogens with zero attached hydrogens (tertiary/aromatic N) is 2. The fourth-order valence-corrected chi connectivity index (χ4v) is 5.51. The van der Waals surface area contributed by atoms with Crippen molar-refractivity contribution in [1.82, 2.24) is 15.2 Å². The second kappa shape index (κ2) is 9.00. The van der Waals surface area contributed by atoms with E-state index in [-0.39, 0.29) is 5.91 Å². The molecule has 0 atom stereocenters. The number of aromatic nitrogens is 1. The molecule has 0 bridgehead atoms. The first-order valence-corrected chi connectivity index (χ1v) is 12.2. The summed E-state index contributed by atoms with van der Waals surface area (Å²) in [5, 5.41) is 5.35. The minimum atomic E-state index is 0.0237. The maximum atomic E-state index is 12.8. The smallest absolute Gasteiger partial charge is 0.261 e. The fourth-order valence-electron chi connectivity index (χ4n) is 4.57. The number of nitrogens with one attached hydrogen (secondary N) is 1. The van der Waals surface area contributed by atoms with Crippen LogP contribution in [-0.2, 0) is 6.54 Å². The minimum absolute atomic E-state index is 0.0237. The Morgan fingerprint density at radius 2 is 1.88 bits per heavy atom. The molecular weight excluding hydrogens is 414 g/mol. The Kier molecular flexibility index (Phi) is 5.94. The molecule has 0 radical (unpaired) electrons. The Balaban J connectivity index is 1.17. The van der Waals surface area contributed by atoms with Gasteiger partial charge in [-0.3, -0.25) is 9.69 Å². The van der Waals surface area contributed by atoms with Gasteiger partial charge in [0.15, 0.2) is 0 Å². The molecule has 1 amide bonds. The number of likely N-dealkylation sites (tertiary alicyclic amines) is 1. The highest BCUT2D eigenvalue weighted by Gasteiger charge is 2.21. The van der Waals surface area contributed by atoms with Crippen molar-refractivity contribution in [1.29, 1.82) is 0 Å². The van der Waals surface area contributed by atoms with Crippen molar-refractivity contribution in [3.8, 4) is 0 Å². The average Bonchev–Trinajstić information content (AvgIpc) is 3.21. The molecule has 164 valence electrons. The number of benzene rings is 2. The molecule has 0 saturated carbocycles. The van der Waals surface area contributed by atoms with E-state index < -0.39 is 0 Å². The zero-order valence-electron chi connectivity index (χ0n) is 18.7. The number of rotatable bonds is 5. The summed E-state index contributed by atoms with van der Waals surface area (Å²) < 4.78 is 0. The molecule has 5 rings (SSSR count).